The number of rotatable bonds is 8. The van der Waals surface area contributed by atoms with Gasteiger partial charge in [-0.05, 0) is 43.3 Å². The molecule has 1 aromatic rings. The van der Waals surface area contributed by atoms with E-state index in [0.29, 0.717) is 24.5 Å². The molecule has 118 valence electrons. The van der Waals surface area contributed by atoms with E-state index >= 15 is 0 Å². The van der Waals surface area contributed by atoms with Crippen molar-refractivity contribution in [2.24, 2.45) is 11.8 Å². The Morgan fingerprint density at radius 2 is 2.10 bits per heavy atom. The first-order valence-electron chi connectivity index (χ1n) is 8.36. The third-order valence-electron chi connectivity index (χ3n) is 4.61. The number of nitrogens with zero attached hydrogens (tertiary/aromatic N) is 1. The maximum Gasteiger partial charge on any atom is 0.0434 e. The molecular weight excluding hydrogens is 260 g/mol. The molecule has 0 aliphatic carbocycles. The molecule has 1 heterocycles. The molecule has 0 amide bonds. The molecule has 21 heavy (non-hydrogen) atoms. The number of likely N-dealkylation sites (tertiary alicyclic amines) is 1. The van der Waals surface area contributed by atoms with Crippen LogP contribution in [0.3, 0.4) is 0 Å². The lowest BCUT2D eigenvalue weighted by Crippen LogP contribution is -2.35. The topological polar surface area (TPSA) is 35.5 Å². The third kappa shape index (κ3) is 4.80. The van der Waals surface area contributed by atoms with Crippen LogP contribution in [0.2, 0.25) is 0 Å². The van der Waals surface area contributed by atoms with Crippen molar-refractivity contribution in [2.75, 3.05) is 32.8 Å². The van der Waals surface area contributed by atoms with E-state index in [-0.39, 0.29) is 0 Å². The Balaban J connectivity index is 1.92. The summed E-state index contributed by atoms with van der Waals surface area (Å²) in [4.78, 5) is 2.57. The lowest BCUT2D eigenvalue weighted by molar-refractivity contribution is 0.226. The summed E-state index contributed by atoms with van der Waals surface area (Å²) in [5.74, 6) is 1.27. The van der Waals surface area contributed by atoms with Gasteiger partial charge in [-0.2, -0.15) is 0 Å². The quantitative estimate of drug-likeness (QED) is 0.772. The summed E-state index contributed by atoms with van der Waals surface area (Å²) < 4.78 is 0. The maximum absolute atomic E-state index is 9.07. The van der Waals surface area contributed by atoms with Gasteiger partial charge in [0.1, 0.15) is 0 Å². The average molecular weight is 290 g/mol. The lowest BCUT2D eigenvalue weighted by atomic mass is 9.94. The van der Waals surface area contributed by atoms with Crippen molar-refractivity contribution in [1.29, 1.82) is 0 Å². The van der Waals surface area contributed by atoms with Gasteiger partial charge in [0.15, 0.2) is 0 Å². The highest BCUT2D eigenvalue weighted by Gasteiger charge is 2.26. The summed E-state index contributed by atoms with van der Waals surface area (Å²) in [6.07, 6.45) is 2.20. The summed E-state index contributed by atoms with van der Waals surface area (Å²) in [5.41, 5.74) is 1.39. The van der Waals surface area contributed by atoms with E-state index in [2.05, 4.69) is 54.4 Å². The van der Waals surface area contributed by atoms with Gasteiger partial charge in [0, 0.05) is 25.7 Å². The monoisotopic (exact) mass is 290 g/mol. The second-order valence-electron chi connectivity index (χ2n) is 6.35. The minimum absolute atomic E-state index is 0.331. The van der Waals surface area contributed by atoms with Gasteiger partial charge in [-0.3, -0.25) is 0 Å². The van der Waals surface area contributed by atoms with E-state index in [1.807, 2.05) is 0 Å². The molecule has 1 aromatic carbocycles. The number of hydrogen-bond acceptors (Lipinski definition) is 3. The van der Waals surface area contributed by atoms with Gasteiger partial charge in [-0.25, -0.2) is 0 Å². The summed E-state index contributed by atoms with van der Waals surface area (Å²) in [6, 6.07) is 11.2. The van der Waals surface area contributed by atoms with Crippen molar-refractivity contribution in [3.05, 3.63) is 35.9 Å². The minimum atomic E-state index is 0.331. The van der Waals surface area contributed by atoms with Crippen molar-refractivity contribution in [2.45, 2.75) is 32.7 Å². The largest absolute Gasteiger partial charge is 0.396 e. The van der Waals surface area contributed by atoms with E-state index in [9.17, 15) is 0 Å². The fourth-order valence-electron chi connectivity index (χ4n) is 3.54. The standard InChI is InChI=1S/C18H30N2O/c1-3-19-18(17-7-5-4-6-8-17)15(2)13-20-11-9-16(14-20)10-12-21/h4-8,15-16,18-19,21H,3,9-14H2,1-2H3. The van der Waals surface area contributed by atoms with Crippen molar-refractivity contribution >= 4 is 0 Å². The SMILES string of the molecule is CCNC(c1ccccc1)C(C)CN1CCC(CCO)C1. The molecular formula is C18H30N2O. The van der Waals surface area contributed by atoms with E-state index in [0.717, 1.165) is 26.1 Å². The predicted molar refractivity (Wildman–Crippen MR) is 88.3 cm³/mol. The molecule has 0 saturated carbocycles. The Kier molecular flexibility index (Phi) is 6.68. The van der Waals surface area contributed by atoms with Gasteiger partial charge >= 0.3 is 0 Å². The molecule has 0 radical (unpaired) electrons. The van der Waals surface area contributed by atoms with Crippen LogP contribution in [0.1, 0.15) is 38.3 Å². The van der Waals surface area contributed by atoms with Crippen molar-refractivity contribution in [3.8, 4) is 0 Å². The molecule has 3 unspecified atom stereocenters. The molecule has 3 heteroatoms. The van der Waals surface area contributed by atoms with E-state index < -0.39 is 0 Å². The van der Waals surface area contributed by atoms with Crippen LogP contribution in [0, 0.1) is 11.8 Å². The van der Waals surface area contributed by atoms with Gasteiger partial charge < -0.3 is 15.3 Å². The van der Waals surface area contributed by atoms with Crippen molar-refractivity contribution < 1.29 is 5.11 Å². The third-order valence-corrected chi connectivity index (χ3v) is 4.61. The first kappa shape index (κ1) is 16.5. The first-order chi connectivity index (χ1) is 10.2. The number of nitrogens with one attached hydrogen (secondary N) is 1. The molecule has 1 saturated heterocycles. The smallest absolute Gasteiger partial charge is 0.0434 e. The van der Waals surface area contributed by atoms with E-state index in [1.165, 1.54) is 18.5 Å². The Bertz CT molecular complexity index is 395. The highest BCUT2D eigenvalue weighted by atomic mass is 16.3. The average Bonchev–Trinajstić information content (AvgIpc) is 2.93. The van der Waals surface area contributed by atoms with Gasteiger partial charge in [-0.1, -0.05) is 44.2 Å². The highest BCUT2D eigenvalue weighted by Crippen LogP contribution is 2.26. The van der Waals surface area contributed by atoms with Gasteiger partial charge in [0.2, 0.25) is 0 Å². The first-order valence-corrected chi connectivity index (χ1v) is 8.36. The fraction of sp³-hybridized carbons (Fsp3) is 0.667. The Morgan fingerprint density at radius 3 is 2.76 bits per heavy atom. The zero-order valence-corrected chi connectivity index (χ0v) is 13.5. The summed E-state index contributed by atoms with van der Waals surface area (Å²) >= 11 is 0. The number of hydrogen-bond donors (Lipinski definition) is 2. The Labute approximate surface area is 129 Å². The van der Waals surface area contributed by atoms with Crippen LogP contribution < -0.4 is 5.32 Å². The van der Waals surface area contributed by atoms with Crippen LogP contribution in [0.4, 0.5) is 0 Å². The Morgan fingerprint density at radius 1 is 1.33 bits per heavy atom. The van der Waals surface area contributed by atoms with E-state index in [4.69, 9.17) is 5.11 Å². The van der Waals surface area contributed by atoms with Crippen LogP contribution in [0.25, 0.3) is 0 Å². The molecule has 2 N–H and O–H groups in total. The molecule has 2 rings (SSSR count). The Hall–Kier alpha value is -0.900. The van der Waals surface area contributed by atoms with Gasteiger partial charge in [-0.15, -0.1) is 0 Å². The number of aliphatic hydroxyl groups excluding tert-OH is 1. The molecule has 3 nitrogen and oxygen atoms in total. The fourth-order valence-corrected chi connectivity index (χ4v) is 3.54. The van der Waals surface area contributed by atoms with Crippen LogP contribution in [-0.2, 0) is 0 Å². The predicted octanol–water partition coefficient (Wildman–Crippen LogP) is 2.68. The normalized spacial score (nSPS) is 22.3. The van der Waals surface area contributed by atoms with Gasteiger partial charge in [0.25, 0.3) is 0 Å². The van der Waals surface area contributed by atoms with Crippen LogP contribution in [-0.4, -0.2) is 42.8 Å². The molecule has 1 aliphatic rings. The molecule has 0 bridgehead atoms. The zero-order valence-electron chi connectivity index (χ0n) is 13.5. The number of aliphatic hydroxyl groups is 1. The lowest BCUT2D eigenvalue weighted by Gasteiger charge is -2.29. The van der Waals surface area contributed by atoms with E-state index in [1.54, 1.807) is 0 Å². The second kappa shape index (κ2) is 8.52. The van der Waals surface area contributed by atoms with Crippen LogP contribution >= 0.6 is 0 Å². The molecule has 0 spiro atoms. The molecule has 3 atom stereocenters. The summed E-state index contributed by atoms with van der Waals surface area (Å²) in [7, 11) is 0. The zero-order chi connectivity index (χ0) is 15.1. The summed E-state index contributed by atoms with van der Waals surface area (Å²) in [5, 5.41) is 12.7. The molecule has 1 aliphatic heterocycles. The molecule has 0 aromatic heterocycles. The van der Waals surface area contributed by atoms with Crippen LogP contribution in [0.5, 0.6) is 0 Å². The second-order valence-corrected chi connectivity index (χ2v) is 6.35. The van der Waals surface area contributed by atoms with Crippen molar-refractivity contribution in [1.82, 2.24) is 10.2 Å². The number of benzene rings is 1. The van der Waals surface area contributed by atoms with Crippen LogP contribution in [0.15, 0.2) is 30.3 Å². The molecule has 1 fully saturated rings. The minimum Gasteiger partial charge on any atom is -0.396 e. The van der Waals surface area contributed by atoms with Gasteiger partial charge in [0.05, 0.1) is 0 Å². The summed E-state index contributed by atoms with van der Waals surface area (Å²) in [6.45, 7) is 9.32. The van der Waals surface area contributed by atoms with Crippen molar-refractivity contribution in [3.63, 3.8) is 0 Å². The highest BCUT2D eigenvalue weighted by molar-refractivity contribution is 5.19. The maximum atomic E-state index is 9.07.